The Morgan fingerprint density at radius 1 is 1.22 bits per heavy atom. The molecule has 1 saturated heterocycles. The van der Waals surface area contributed by atoms with Crippen LogP contribution in [0.5, 0.6) is 0 Å². The second-order valence-corrected chi connectivity index (χ2v) is 6.17. The maximum Gasteiger partial charge on any atom is 0.0237 e. The lowest BCUT2D eigenvalue weighted by atomic mass is 9.93. The molecular formula is C16H26N2. The summed E-state index contributed by atoms with van der Waals surface area (Å²) in [4.78, 5) is 2.59. The standard InChI is InChI=1S/C16H26N2/c1-4-17-11-14-7-5-6-8-15(14)12-18-10-9-16(2,3)13-18/h5-8,17H,4,9-13H2,1-3H3. The molecule has 0 bridgehead atoms. The fraction of sp³-hybridized carbons (Fsp3) is 0.625. The third-order valence-corrected chi connectivity index (χ3v) is 3.83. The SMILES string of the molecule is CCNCc1ccccc1CN1CCC(C)(C)C1. The quantitative estimate of drug-likeness (QED) is 0.859. The maximum absolute atomic E-state index is 3.43. The molecule has 2 heteroatoms. The number of nitrogens with zero attached hydrogens (tertiary/aromatic N) is 1. The van der Waals surface area contributed by atoms with Crippen molar-refractivity contribution in [2.45, 2.75) is 40.3 Å². The fourth-order valence-electron chi connectivity index (χ4n) is 2.74. The maximum atomic E-state index is 3.43. The summed E-state index contributed by atoms with van der Waals surface area (Å²) in [6, 6.07) is 8.83. The van der Waals surface area contributed by atoms with Gasteiger partial charge >= 0.3 is 0 Å². The molecule has 0 radical (unpaired) electrons. The van der Waals surface area contributed by atoms with Crippen LogP contribution in [-0.2, 0) is 13.1 Å². The van der Waals surface area contributed by atoms with Crippen LogP contribution in [0.3, 0.4) is 0 Å². The Kier molecular flexibility index (Phi) is 4.41. The van der Waals surface area contributed by atoms with Gasteiger partial charge in [-0.1, -0.05) is 45.0 Å². The van der Waals surface area contributed by atoms with Gasteiger partial charge in [0.1, 0.15) is 0 Å². The highest BCUT2D eigenvalue weighted by Crippen LogP contribution is 2.30. The number of rotatable bonds is 5. The van der Waals surface area contributed by atoms with Gasteiger partial charge in [0, 0.05) is 19.6 Å². The summed E-state index contributed by atoms with van der Waals surface area (Å²) in [5, 5.41) is 3.43. The Balaban J connectivity index is 2.00. The van der Waals surface area contributed by atoms with Gasteiger partial charge in [-0.05, 0) is 36.1 Å². The van der Waals surface area contributed by atoms with E-state index in [9.17, 15) is 0 Å². The molecule has 1 aliphatic rings. The van der Waals surface area contributed by atoms with E-state index in [0.717, 1.165) is 19.6 Å². The van der Waals surface area contributed by atoms with Crippen molar-refractivity contribution < 1.29 is 0 Å². The molecule has 0 spiro atoms. The highest BCUT2D eigenvalue weighted by atomic mass is 15.1. The van der Waals surface area contributed by atoms with Gasteiger partial charge in [-0.3, -0.25) is 4.90 Å². The molecule has 100 valence electrons. The van der Waals surface area contributed by atoms with Crippen molar-refractivity contribution in [1.82, 2.24) is 10.2 Å². The Hall–Kier alpha value is -0.860. The van der Waals surface area contributed by atoms with Crippen molar-refractivity contribution in [3.05, 3.63) is 35.4 Å². The van der Waals surface area contributed by atoms with Gasteiger partial charge in [0.25, 0.3) is 0 Å². The third-order valence-electron chi connectivity index (χ3n) is 3.83. The summed E-state index contributed by atoms with van der Waals surface area (Å²) >= 11 is 0. The molecule has 1 fully saturated rings. The van der Waals surface area contributed by atoms with Gasteiger partial charge in [0.2, 0.25) is 0 Å². The third kappa shape index (κ3) is 3.56. The number of likely N-dealkylation sites (tertiary alicyclic amines) is 1. The van der Waals surface area contributed by atoms with E-state index in [1.165, 1.54) is 30.6 Å². The van der Waals surface area contributed by atoms with E-state index >= 15 is 0 Å². The molecule has 2 rings (SSSR count). The normalized spacial score (nSPS) is 19.3. The molecular weight excluding hydrogens is 220 g/mol. The zero-order valence-electron chi connectivity index (χ0n) is 12.0. The minimum absolute atomic E-state index is 0.497. The van der Waals surface area contributed by atoms with Crippen molar-refractivity contribution in [3.8, 4) is 0 Å². The lowest BCUT2D eigenvalue weighted by Gasteiger charge is -2.21. The molecule has 18 heavy (non-hydrogen) atoms. The number of nitrogens with one attached hydrogen (secondary N) is 1. The van der Waals surface area contributed by atoms with Gasteiger partial charge < -0.3 is 5.32 Å². The first-order valence-corrected chi connectivity index (χ1v) is 7.10. The van der Waals surface area contributed by atoms with Crippen molar-refractivity contribution in [2.75, 3.05) is 19.6 Å². The molecule has 1 aromatic rings. The topological polar surface area (TPSA) is 15.3 Å². The molecule has 1 N–H and O–H groups in total. The van der Waals surface area contributed by atoms with Crippen LogP contribution >= 0.6 is 0 Å². The summed E-state index contributed by atoms with van der Waals surface area (Å²) in [6.07, 6.45) is 1.32. The predicted molar refractivity (Wildman–Crippen MR) is 77.5 cm³/mol. The van der Waals surface area contributed by atoms with E-state index in [1.807, 2.05) is 0 Å². The molecule has 0 atom stereocenters. The zero-order chi connectivity index (χ0) is 13.0. The average Bonchev–Trinajstić information content (AvgIpc) is 2.68. The summed E-state index contributed by atoms with van der Waals surface area (Å²) in [6.45, 7) is 12.5. The predicted octanol–water partition coefficient (Wildman–Crippen LogP) is 3.03. The Morgan fingerprint density at radius 3 is 2.56 bits per heavy atom. The number of benzene rings is 1. The summed E-state index contributed by atoms with van der Waals surface area (Å²) in [5.74, 6) is 0. The van der Waals surface area contributed by atoms with Gasteiger partial charge in [-0.25, -0.2) is 0 Å². The largest absolute Gasteiger partial charge is 0.313 e. The molecule has 1 aliphatic heterocycles. The van der Waals surface area contributed by atoms with Gasteiger partial charge in [0.15, 0.2) is 0 Å². The van der Waals surface area contributed by atoms with E-state index in [1.54, 1.807) is 0 Å². The summed E-state index contributed by atoms with van der Waals surface area (Å²) in [5.41, 5.74) is 3.43. The van der Waals surface area contributed by atoms with E-state index in [0.29, 0.717) is 5.41 Å². The van der Waals surface area contributed by atoms with Crippen LogP contribution in [0.15, 0.2) is 24.3 Å². The Bertz CT molecular complexity index is 384. The Labute approximate surface area is 111 Å². The lowest BCUT2D eigenvalue weighted by Crippen LogP contribution is -2.24. The molecule has 0 aromatic heterocycles. The highest BCUT2D eigenvalue weighted by molar-refractivity contribution is 5.27. The van der Waals surface area contributed by atoms with E-state index in [4.69, 9.17) is 0 Å². The minimum atomic E-state index is 0.497. The molecule has 1 aromatic carbocycles. The Morgan fingerprint density at radius 2 is 1.94 bits per heavy atom. The highest BCUT2D eigenvalue weighted by Gasteiger charge is 2.29. The van der Waals surface area contributed by atoms with E-state index < -0.39 is 0 Å². The minimum Gasteiger partial charge on any atom is -0.313 e. The summed E-state index contributed by atoms with van der Waals surface area (Å²) < 4.78 is 0. The molecule has 0 amide bonds. The molecule has 0 saturated carbocycles. The van der Waals surface area contributed by atoms with Crippen molar-refractivity contribution in [2.24, 2.45) is 5.41 Å². The molecule has 0 aliphatic carbocycles. The second kappa shape index (κ2) is 5.85. The van der Waals surface area contributed by atoms with Crippen LogP contribution in [0.1, 0.15) is 38.3 Å². The molecule has 2 nitrogen and oxygen atoms in total. The van der Waals surface area contributed by atoms with Gasteiger partial charge in [0.05, 0.1) is 0 Å². The lowest BCUT2D eigenvalue weighted by molar-refractivity contribution is 0.283. The fourth-order valence-corrected chi connectivity index (χ4v) is 2.74. The van der Waals surface area contributed by atoms with Crippen LogP contribution in [0, 0.1) is 5.41 Å². The first-order valence-electron chi connectivity index (χ1n) is 7.10. The van der Waals surface area contributed by atoms with Crippen LogP contribution in [0.25, 0.3) is 0 Å². The van der Waals surface area contributed by atoms with Crippen LogP contribution < -0.4 is 5.32 Å². The first kappa shape index (κ1) is 13.6. The van der Waals surface area contributed by atoms with Crippen molar-refractivity contribution in [3.63, 3.8) is 0 Å². The summed E-state index contributed by atoms with van der Waals surface area (Å²) in [7, 11) is 0. The van der Waals surface area contributed by atoms with Crippen LogP contribution in [0.4, 0.5) is 0 Å². The van der Waals surface area contributed by atoms with E-state index in [2.05, 4.69) is 55.3 Å². The van der Waals surface area contributed by atoms with Gasteiger partial charge in [-0.15, -0.1) is 0 Å². The molecule has 0 unspecified atom stereocenters. The van der Waals surface area contributed by atoms with E-state index in [-0.39, 0.29) is 0 Å². The smallest absolute Gasteiger partial charge is 0.0237 e. The van der Waals surface area contributed by atoms with Crippen LogP contribution in [-0.4, -0.2) is 24.5 Å². The number of hydrogen-bond donors (Lipinski definition) is 1. The van der Waals surface area contributed by atoms with Crippen molar-refractivity contribution in [1.29, 1.82) is 0 Å². The first-order chi connectivity index (χ1) is 8.61. The van der Waals surface area contributed by atoms with Crippen molar-refractivity contribution >= 4 is 0 Å². The monoisotopic (exact) mass is 246 g/mol. The van der Waals surface area contributed by atoms with Crippen LogP contribution in [0.2, 0.25) is 0 Å². The number of hydrogen-bond acceptors (Lipinski definition) is 2. The zero-order valence-corrected chi connectivity index (χ0v) is 12.0. The average molecular weight is 246 g/mol. The second-order valence-electron chi connectivity index (χ2n) is 6.17. The van der Waals surface area contributed by atoms with Gasteiger partial charge in [-0.2, -0.15) is 0 Å². The molecule has 1 heterocycles.